The molecule has 0 aliphatic carbocycles. The van der Waals surface area contributed by atoms with Crippen LogP contribution in [0.2, 0.25) is 5.02 Å². The highest BCUT2D eigenvalue weighted by molar-refractivity contribution is 6.33. The van der Waals surface area contributed by atoms with Crippen LogP contribution in [0.1, 0.15) is 26.2 Å². The Hall–Kier alpha value is -1.29. The molecule has 1 aromatic rings. The lowest BCUT2D eigenvalue weighted by Crippen LogP contribution is -2.04. The topological polar surface area (TPSA) is 55.2 Å². The number of halogens is 1. The van der Waals surface area contributed by atoms with E-state index >= 15 is 0 Å². The summed E-state index contributed by atoms with van der Waals surface area (Å²) in [4.78, 5) is 10.3. The highest BCUT2D eigenvalue weighted by atomic mass is 35.5. The van der Waals surface area contributed by atoms with E-state index in [9.17, 15) is 10.1 Å². The normalized spacial score (nSPS) is 10.1. The van der Waals surface area contributed by atoms with Crippen LogP contribution in [0.5, 0.6) is 0 Å². The van der Waals surface area contributed by atoms with Gasteiger partial charge in [0.05, 0.1) is 9.95 Å². The minimum absolute atomic E-state index is 0.0315. The Morgan fingerprint density at radius 1 is 1.44 bits per heavy atom. The van der Waals surface area contributed by atoms with Crippen LogP contribution in [0.15, 0.2) is 18.2 Å². The van der Waals surface area contributed by atoms with Crippen molar-refractivity contribution in [2.75, 3.05) is 11.9 Å². The van der Waals surface area contributed by atoms with E-state index < -0.39 is 4.92 Å². The fraction of sp³-hybridized carbons (Fsp3) is 0.455. The van der Waals surface area contributed by atoms with Gasteiger partial charge in [0, 0.05) is 12.6 Å². The average molecular weight is 243 g/mol. The van der Waals surface area contributed by atoms with Crippen LogP contribution in [0.4, 0.5) is 11.4 Å². The molecule has 1 aromatic carbocycles. The van der Waals surface area contributed by atoms with Gasteiger partial charge in [-0.15, -0.1) is 0 Å². The average Bonchev–Trinajstić information content (AvgIpc) is 2.25. The summed E-state index contributed by atoms with van der Waals surface area (Å²) in [5, 5.41) is 14.2. The van der Waals surface area contributed by atoms with Crippen molar-refractivity contribution < 1.29 is 4.92 Å². The van der Waals surface area contributed by atoms with E-state index in [4.69, 9.17) is 11.6 Å². The number of unbranched alkanes of at least 4 members (excludes halogenated alkanes) is 2. The lowest BCUT2D eigenvalue weighted by atomic mass is 10.2. The molecule has 0 aliphatic rings. The lowest BCUT2D eigenvalue weighted by Gasteiger charge is -2.08. The highest BCUT2D eigenvalue weighted by Gasteiger charge is 2.15. The molecule has 0 atom stereocenters. The minimum Gasteiger partial charge on any atom is -0.378 e. The van der Waals surface area contributed by atoms with Gasteiger partial charge in [0.1, 0.15) is 5.69 Å². The van der Waals surface area contributed by atoms with Gasteiger partial charge in [-0.3, -0.25) is 10.1 Å². The molecular weight excluding hydrogens is 228 g/mol. The number of hydrogen-bond acceptors (Lipinski definition) is 3. The second-order valence-corrected chi connectivity index (χ2v) is 3.93. The Bertz CT molecular complexity index is 369. The molecule has 4 nitrogen and oxygen atoms in total. The van der Waals surface area contributed by atoms with Crippen molar-refractivity contribution in [3.63, 3.8) is 0 Å². The molecule has 1 N–H and O–H groups in total. The zero-order valence-corrected chi connectivity index (χ0v) is 9.96. The van der Waals surface area contributed by atoms with E-state index in [2.05, 4.69) is 12.2 Å². The van der Waals surface area contributed by atoms with E-state index in [1.54, 1.807) is 12.1 Å². The monoisotopic (exact) mass is 242 g/mol. The smallest absolute Gasteiger partial charge is 0.293 e. The molecule has 5 heteroatoms. The molecular formula is C11H15ClN2O2. The Labute approximate surface area is 99.8 Å². The number of para-hydroxylation sites is 1. The summed E-state index contributed by atoms with van der Waals surface area (Å²) in [5.41, 5.74) is 0.453. The number of anilines is 1. The molecule has 0 fully saturated rings. The maximum Gasteiger partial charge on any atom is 0.293 e. The van der Waals surface area contributed by atoms with Crippen LogP contribution in [-0.4, -0.2) is 11.5 Å². The first-order valence-electron chi connectivity index (χ1n) is 5.33. The number of benzene rings is 1. The van der Waals surface area contributed by atoms with Crippen molar-refractivity contribution in [3.8, 4) is 0 Å². The molecule has 0 radical (unpaired) electrons. The number of nitro groups is 1. The van der Waals surface area contributed by atoms with Crippen LogP contribution < -0.4 is 5.32 Å². The first kappa shape index (κ1) is 12.8. The van der Waals surface area contributed by atoms with Crippen molar-refractivity contribution in [2.45, 2.75) is 26.2 Å². The SMILES string of the molecule is CCCCCNc1c(Cl)cccc1[N+](=O)[O-]. The first-order chi connectivity index (χ1) is 7.66. The zero-order valence-electron chi connectivity index (χ0n) is 9.20. The second-order valence-electron chi connectivity index (χ2n) is 3.52. The van der Waals surface area contributed by atoms with Crippen LogP contribution in [0.3, 0.4) is 0 Å². The molecule has 0 spiro atoms. The summed E-state index contributed by atoms with van der Waals surface area (Å²) in [6.07, 6.45) is 3.20. The quantitative estimate of drug-likeness (QED) is 0.468. The Kier molecular flexibility index (Phi) is 5.05. The number of nitro benzene ring substituents is 1. The van der Waals surface area contributed by atoms with E-state index in [-0.39, 0.29) is 5.69 Å². The Morgan fingerprint density at radius 3 is 2.81 bits per heavy atom. The van der Waals surface area contributed by atoms with Crippen LogP contribution in [-0.2, 0) is 0 Å². The van der Waals surface area contributed by atoms with Crippen molar-refractivity contribution in [3.05, 3.63) is 33.3 Å². The van der Waals surface area contributed by atoms with Gasteiger partial charge in [-0.25, -0.2) is 0 Å². The maximum atomic E-state index is 10.8. The van der Waals surface area contributed by atoms with Gasteiger partial charge < -0.3 is 5.32 Å². The van der Waals surface area contributed by atoms with Crippen LogP contribution >= 0.6 is 11.6 Å². The molecule has 0 unspecified atom stereocenters. The van der Waals surface area contributed by atoms with Crippen LogP contribution in [0.25, 0.3) is 0 Å². The molecule has 16 heavy (non-hydrogen) atoms. The first-order valence-corrected chi connectivity index (χ1v) is 5.71. The van der Waals surface area contributed by atoms with Crippen molar-refractivity contribution in [2.24, 2.45) is 0 Å². The molecule has 0 saturated heterocycles. The van der Waals surface area contributed by atoms with Gasteiger partial charge >= 0.3 is 0 Å². The number of hydrogen-bond donors (Lipinski definition) is 1. The molecule has 88 valence electrons. The summed E-state index contributed by atoms with van der Waals surface area (Å²) in [7, 11) is 0. The third-order valence-corrected chi connectivity index (χ3v) is 2.59. The summed E-state index contributed by atoms with van der Waals surface area (Å²) in [5.74, 6) is 0. The molecule has 0 amide bonds. The van der Waals surface area contributed by atoms with Crippen molar-refractivity contribution in [1.82, 2.24) is 0 Å². The predicted molar refractivity (Wildman–Crippen MR) is 66.1 cm³/mol. The molecule has 1 rings (SSSR count). The largest absolute Gasteiger partial charge is 0.378 e. The standard InChI is InChI=1S/C11H15ClN2O2/c1-2-3-4-8-13-11-9(12)6-5-7-10(11)14(15)16/h5-7,13H,2-4,8H2,1H3. The molecule has 0 aliphatic heterocycles. The Balaban J connectivity index is 2.73. The molecule has 0 bridgehead atoms. The number of rotatable bonds is 6. The van der Waals surface area contributed by atoms with E-state index in [1.807, 2.05) is 0 Å². The Morgan fingerprint density at radius 2 is 2.19 bits per heavy atom. The van der Waals surface area contributed by atoms with E-state index in [0.29, 0.717) is 17.3 Å². The van der Waals surface area contributed by atoms with E-state index in [1.165, 1.54) is 6.07 Å². The predicted octanol–water partition coefficient (Wildman–Crippen LogP) is 3.85. The van der Waals surface area contributed by atoms with Gasteiger partial charge in [-0.05, 0) is 12.5 Å². The number of nitrogens with zero attached hydrogens (tertiary/aromatic N) is 1. The second kappa shape index (κ2) is 6.33. The minimum atomic E-state index is -0.423. The van der Waals surface area contributed by atoms with Crippen molar-refractivity contribution in [1.29, 1.82) is 0 Å². The van der Waals surface area contributed by atoms with Gasteiger partial charge in [-0.2, -0.15) is 0 Å². The molecule has 0 aromatic heterocycles. The third-order valence-electron chi connectivity index (χ3n) is 2.27. The van der Waals surface area contributed by atoms with Crippen molar-refractivity contribution >= 4 is 23.0 Å². The summed E-state index contributed by atoms with van der Waals surface area (Å²) >= 11 is 5.92. The maximum absolute atomic E-state index is 10.8. The zero-order chi connectivity index (χ0) is 12.0. The van der Waals surface area contributed by atoms with Crippen LogP contribution in [0, 0.1) is 10.1 Å². The fourth-order valence-corrected chi connectivity index (χ4v) is 1.66. The summed E-state index contributed by atoms with van der Waals surface area (Å²) in [6, 6.07) is 4.68. The molecule has 0 heterocycles. The van der Waals surface area contributed by atoms with Gasteiger partial charge in [0.15, 0.2) is 0 Å². The van der Waals surface area contributed by atoms with Gasteiger partial charge in [-0.1, -0.05) is 37.4 Å². The summed E-state index contributed by atoms with van der Waals surface area (Å²) in [6.45, 7) is 2.82. The summed E-state index contributed by atoms with van der Waals surface area (Å²) < 4.78 is 0. The highest BCUT2D eigenvalue weighted by Crippen LogP contribution is 2.31. The van der Waals surface area contributed by atoms with Gasteiger partial charge in [0.2, 0.25) is 0 Å². The number of nitrogens with one attached hydrogen (secondary N) is 1. The third kappa shape index (κ3) is 3.38. The van der Waals surface area contributed by atoms with E-state index in [0.717, 1.165) is 19.3 Å². The fourth-order valence-electron chi connectivity index (χ4n) is 1.43. The lowest BCUT2D eigenvalue weighted by molar-refractivity contribution is -0.383. The van der Waals surface area contributed by atoms with Gasteiger partial charge in [0.25, 0.3) is 5.69 Å². The molecule has 0 saturated carbocycles.